The van der Waals surface area contributed by atoms with Gasteiger partial charge in [-0.05, 0) is 48.6 Å². The Bertz CT molecular complexity index is 1430. The van der Waals surface area contributed by atoms with Gasteiger partial charge >= 0.3 is 5.69 Å². The minimum atomic E-state index is -1.05. The molecule has 4 rings (SSSR count). The van der Waals surface area contributed by atoms with Crippen LogP contribution in [0.4, 0.5) is 14.5 Å². The molecular weight excluding hydrogens is 424 g/mol. The number of halogens is 2. The molecule has 2 aromatic carbocycles. The fourth-order valence-corrected chi connectivity index (χ4v) is 4.27. The van der Waals surface area contributed by atoms with E-state index in [0.717, 1.165) is 39.2 Å². The van der Waals surface area contributed by atoms with Gasteiger partial charge in [0.1, 0.15) is 22.9 Å². The first kappa shape index (κ1) is 20.7. The van der Waals surface area contributed by atoms with Crippen molar-refractivity contribution >= 4 is 33.1 Å². The van der Waals surface area contributed by atoms with Gasteiger partial charge in [0.15, 0.2) is 0 Å². The Balaban J connectivity index is 1.83. The quantitative estimate of drug-likeness (QED) is 0.524. The Morgan fingerprint density at radius 2 is 1.77 bits per heavy atom. The highest BCUT2D eigenvalue weighted by molar-refractivity contribution is 7.17. The Labute approximate surface area is 179 Å². The molecule has 2 heterocycles. The lowest BCUT2D eigenvalue weighted by molar-refractivity contribution is -0.116. The third-order valence-electron chi connectivity index (χ3n) is 4.95. The molecule has 0 atom stereocenters. The molecule has 0 radical (unpaired) electrons. The molecule has 1 amide bonds. The molecule has 0 aliphatic rings. The number of carbonyl (C=O) groups excluding carboxylic acids is 1. The zero-order valence-electron chi connectivity index (χ0n) is 16.6. The Hall–Kier alpha value is -3.59. The maximum absolute atomic E-state index is 14.4. The number of para-hydroxylation sites is 1. The molecule has 0 unspecified atom stereocenters. The van der Waals surface area contributed by atoms with Crippen LogP contribution in [0.5, 0.6) is 0 Å². The molecule has 1 N–H and O–H groups in total. The molecule has 0 aliphatic carbocycles. The van der Waals surface area contributed by atoms with Gasteiger partial charge in [-0.3, -0.25) is 14.2 Å². The summed E-state index contributed by atoms with van der Waals surface area (Å²) in [7, 11) is 0. The van der Waals surface area contributed by atoms with Gasteiger partial charge in [-0.1, -0.05) is 18.2 Å². The van der Waals surface area contributed by atoms with E-state index in [1.807, 2.05) is 32.0 Å². The molecule has 158 valence electrons. The lowest BCUT2D eigenvalue weighted by Crippen LogP contribution is -2.40. The summed E-state index contributed by atoms with van der Waals surface area (Å²) in [6, 6.07) is 9.70. The van der Waals surface area contributed by atoms with E-state index in [0.29, 0.717) is 16.3 Å². The third-order valence-corrected chi connectivity index (χ3v) is 5.84. The predicted octanol–water partition coefficient (Wildman–Crippen LogP) is 3.75. The van der Waals surface area contributed by atoms with Crippen LogP contribution in [-0.2, 0) is 11.3 Å². The van der Waals surface area contributed by atoms with Crippen LogP contribution in [0.15, 0.2) is 57.4 Å². The number of fused-ring (bicyclic) bond motifs is 1. The van der Waals surface area contributed by atoms with E-state index < -0.39 is 28.8 Å². The number of aromatic nitrogens is 2. The monoisotopic (exact) mass is 441 g/mol. The first-order valence-electron chi connectivity index (χ1n) is 9.32. The van der Waals surface area contributed by atoms with Gasteiger partial charge in [0.25, 0.3) is 5.56 Å². The SMILES string of the molecule is Cc1cccc(C)c1NC(=O)Cn1c(=O)n(-c2ccc(F)cc2F)c(=O)c2sccc21. The minimum Gasteiger partial charge on any atom is -0.324 e. The molecule has 2 aromatic heterocycles. The molecule has 0 aliphatic heterocycles. The highest BCUT2D eigenvalue weighted by atomic mass is 32.1. The second-order valence-corrected chi connectivity index (χ2v) is 7.97. The van der Waals surface area contributed by atoms with Crippen LogP contribution in [0.2, 0.25) is 0 Å². The second-order valence-electron chi connectivity index (χ2n) is 7.05. The van der Waals surface area contributed by atoms with Crippen LogP contribution in [0.3, 0.4) is 0 Å². The Kier molecular flexibility index (Phi) is 5.28. The van der Waals surface area contributed by atoms with E-state index in [2.05, 4.69) is 5.32 Å². The molecule has 0 bridgehead atoms. The fourth-order valence-electron chi connectivity index (χ4n) is 3.45. The number of nitrogens with zero attached hydrogens (tertiary/aromatic N) is 2. The first-order chi connectivity index (χ1) is 14.8. The van der Waals surface area contributed by atoms with Crippen molar-refractivity contribution in [3.8, 4) is 5.69 Å². The molecule has 0 fully saturated rings. The predicted molar refractivity (Wildman–Crippen MR) is 116 cm³/mol. The number of carbonyl (C=O) groups is 1. The number of hydrogen-bond acceptors (Lipinski definition) is 4. The van der Waals surface area contributed by atoms with Gasteiger partial charge in [0.05, 0.1) is 11.2 Å². The Morgan fingerprint density at radius 1 is 1.06 bits per heavy atom. The van der Waals surface area contributed by atoms with E-state index in [1.165, 1.54) is 0 Å². The smallest absolute Gasteiger partial charge is 0.324 e. The van der Waals surface area contributed by atoms with Crippen molar-refractivity contribution in [3.05, 3.63) is 91.4 Å². The molecule has 4 aromatic rings. The van der Waals surface area contributed by atoms with Gasteiger partial charge in [-0.15, -0.1) is 11.3 Å². The van der Waals surface area contributed by atoms with E-state index in [9.17, 15) is 23.2 Å². The van der Waals surface area contributed by atoms with Crippen LogP contribution in [-0.4, -0.2) is 15.0 Å². The van der Waals surface area contributed by atoms with Crippen LogP contribution in [0, 0.1) is 25.5 Å². The zero-order valence-corrected chi connectivity index (χ0v) is 17.4. The number of rotatable bonds is 4. The number of aryl methyl sites for hydroxylation is 2. The highest BCUT2D eigenvalue weighted by Gasteiger charge is 2.20. The first-order valence-corrected chi connectivity index (χ1v) is 10.2. The number of thiophene rings is 1. The lowest BCUT2D eigenvalue weighted by atomic mass is 10.1. The molecule has 9 heteroatoms. The zero-order chi connectivity index (χ0) is 22.3. The second kappa shape index (κ2) is 7.92. The van der Waals surface area contributed by atoms with Crippen LogP contribution >= 0.6 is 11.3 Å². The molecular formula is C22H17F2N3O3S. The third kappa shape index (κ3) is 3.68. The van der Waals surface area contributed by atoms with Crippen molar-refractivity contribution < 1.29 is 13.6 Å². The molecule has 0 saturated carbocycles. The van der Waals surface area contributed by atoms with E-state index >= 15 is 0 Å². The topological polar surface area (TPSA) is 73.1 Å². The van der Waals surface area contributed by atoms with Crippen molar-refractivity contribution in [3.63, 3.8) is 0 Å². The van der Waals surface area contributed by atoms with E-state index in [4.69, 9.17) is 0 Å². The summed E-state index contributed by atoms with van der Waals surface area (Å²) >= 11 is 1.07. The summed E-state index contributed by atoms with van der Waals surface area (Å²) in [5, 5.41) is 4.41. The van der Waals surface area contributed by atoms with Gasteiger partial charge in [-0.2, -0.15) is 0 Å². The van der Waals surface area contributed by atoms with Gasteiger partial charge in [-0.25, -0.2) is 18.1 Å². The van der Waals surface area contributed by atoms with Crippen molar-refractivity contribution in [2.45, 2.75) is 20.4 Å². The molecule has 31 heavy (non-hydrogen) atoms. The van der Waals surface area contributed by atoms with Crippen molar-refractivity contribution in [2.24, 2.45) is 0 Å². The summed E-state index contributed by atoms with van der Waals surface area (Å²) in [5.74, 6) is -2.36. The Morgan fingerprint density at radius 3 is 2.45 bits per heavy atom. The van der Waals surface area contributed by atoms with Gasteiger partial charge in [0, 0.05) is 11.8 Å². The summed E-state index contributed by atoms with van der Waals surface area (Å²) in [5.41, 5.74) is 0.635. The summed E-state index contributed by atoms with van der Waals surface area (Å²) < 4.78 is 29.6. The van der Waals surface area contributed by atoms with Crippen LogP contribution in [0.25, 0.3) is 15.9 Å². The average Bonchev–Trinajstić information content (AvgIpc) is 3.20. The number of nitrogens with one attached hydrogen (secondary N) is 1. The summed E-state index contributed by atoms with van der Waals surface area (Å²) in [4.78, 5) is 38.8. The molecule has 0 saturated heterocycles. The van der Waals surface area contributed by atoms with Gasteiger partial charge in [0.2, 0.25) is 5.91 Å². The normalized spacial score (nSPS) is 11.1. The number of hydrogen-bond donors (Lipinski definition) is 1. The molecule has 0 spiro atoms. The number of benzene rings is 2. The summed E-state index contributed by atoms with van der Waals surface area (Å²) in [6.07, 6.45) is 0. The highest BCUT2D eigenvalue weighted by Crippen LogP contribution is 2.21. The summed E-state index contributed by atoms with van der Waals surface area (Å²) in [6.45, 7) is 3.32. The van der Waals surface area contributed by atoms with E-state index in [-0.39, 0.29) is 22.4 Å². The van der Waals surface area contributed by atoms with Crippen LogP contribution < -0.4 is 16.6 Å². The fraction of sp³-hybridized carbons (Fsp3) is 0.136. The number of anilines is 1. The molecule has 6 nitrogen and oxygen atoms in total. The maximum atomic E-state index is 14.4. The minimum absolute atomic E-state index is 0.184. The van der Waals surface area contributed by atoms with Crippen molar-refractivity contribution in [1.82, 2.24) is 9.13 Å². The van der Waals surface area contributed by atoms with E-state index in [1.54, 1.807) is 11.4 Å². The largest absolute Gasteiger partial charge is 0.336 e. The van der Waals surface area contributed by atoms with Crippen molar-refractivity contribution in [2.75, 3.05) is 5.32 Å². The standard InChI is InChI=1S/C22H17F2N3O3S/c1-12-4-3-5-13(2)19(12)25-18(28)11-26-17-8-9-31-20(17)21(29)27(22(26)30)16-7-6-14(23)10-15(16)24/h3-10H,11H2,1-2H3,(H,25,28). The van der Waals surface area contributed by atoms with Gasteiger partial charge < -0.3 is 5.32 Å². The lowest BCUT2D eigenvalue weighted by Gasteiger charge is -2.14. The maximum Gasteiger partial charge on any atom is 0.336 e. The van der Waals surface area contributed by atoms with Crippen LogP contribution in [0.1, 0.15) is 11.1 Å². The number of amides is 1. The van der Waals surface area contributed by atoms with Crippen molar-refractivity contribution in [1.29, 1.82) is 0 Å². The average molecular weight is 441 g/mol.